The lowest BCUT2D eigenvalue weighted by Crippen LogP contribution is -2.33. The van der Waals surface area contributed by atoms with Gasteiger partial charge >= 0.3 is 0 Å². The molecule has 0 heterocycles. The summed E-state index contributed by atoms with van der Waals surface area (Å²) in [6.07, 6.45) is 15.7. The Balaban J connectivity index is 1.98. The number of rotatable bonds is 2. The van der Waals surface area contributed by atoms with Gasteiger partial charge in [-0.05, 0) is 31.8 Å². The summed E-state index contributed by atoms with van der Waals surface area (Å²) in [5, 5.41) is 3.61. The summed E-state index contributed by atoms with van der Waals surface area (Å²) in [6.45, 7) is 4.43. The third kappa shape index (κ3) is 2.62. The summed E-state index contributed by atoms with van der Waals surface area (Å²) < 4.78 is 0. The zero-order chi connectivity index (χ0) is 10.7. The highest BCUT2D eigenvalue weighted by Crippen LogP contribution is 2.19. The quantitative estimate of drug-likeness (QED) is 0.722. The van der Waals surface area contributed by atoms with Crippen molar-refractivity contribution in [3.63, 3.8) is 0 Å². The van der Waals surface area contributed by atoms with Crippen LogP contribution in [-0.2, 0) is 0 Å². The highest BCUT2D eigenvalue weighted by Gasteiger charge is 2.16. The topological polar surface area (TPSA) is 12.0 Å². The van der Waals surface area contributed by atoms with Crippen molar-refractivity contribution < 1.29 is 0 Å². The van der Waals surface area contributed by atoms with Gasteiger partial charge in [-0.2, -0.15) is 0 Å². The van der Waals surface area contributed by atoms with Gasteiger partial charge in [-0.25, -0.2) is 0 Å². The van der Waals surface area contributed by atoms with Crippen LogP contribution in [0.25, 0.3) is 0 Å². The second-order valence-electron chi connectivity index (χ2n) is 4.46. The molecule has 0 aromatic rings. The minimum absolute atomic E-state index is 0.464. The van der Waals surface area contributed by atoms with Crippen molar-refractivity contribution >= 4 is 0 Å². The molecule has 1 nitrogen and oxygen atoms in total. The highest BCUT2D eigenvalue weighted by atomic mass is 14.9. The van der Waals surface area contributed by atoms with Gasteiger partial charge in [-0.1, -0.05) is 42.9 Å². The van der Waals surface area contributed by atoms with E-state index in [1.165, 1.54) is 17.7 Å². The molecule has 1 N–H and O–H groups in total. The molecule has 0 amide bonds. The molecule has 15 heavy (non-hydrogen) atoms. The van der Waals surface area contributed by atoms with Crippen LogP contribution in [0.1, 0.15) is 26.7 Å². The molecule has 0 saturated heterocycles. The Kier molecular flexibility index (Phi) is 3.10. The number of allylic oxidation sites excluding steroid dienone is 6. The Labute approximate surface area is 92.3 Å². The first-order valence-electron chi connectivity index (χ1n) is 5.74. The van der Waals surface area contributed by atoms with E-state index in [1.54, 1.807) is 0 Å². The Morgan fingerprint density at radius 3 is 2.93 bits per heavy atom. The van der Waals surface area contributed by atoms with E-state index in [4.69, 9.17) is 0 Å². The van der Waals surface area contributed by atoms with E-state index in [9.17, 15) is 0 Å². The SMILES string of the molecule is CC1=CC(C)C(NC2=CC=CCC2)C=C1. The average Bonchev–Trinajstić information content (AvgIpc) is 2.24. The fraction of sp³-hybridized carbons (Fsp3) is 0.429. The van der Waals surface area contributed by atoms with Crippen LogP contribution in [-0.4, -0.2) is 6.04 Å². The first kappa shape index (κ1) is 10.3. The van der Waals surface area contributed by atoms with Gasteiger partial charge in [0.05, 0.1) is 6.04 Å². The first-order chi connectivity index (χ1) is 7.25. The molecule has 0 aliphatic heterocycles. The van der Waals surface area contributed by atoms with Gasteiger partial charge in [0.2, 0.25) is 0 Å². The Morgan fingerprint density at radius 2 is 2.27 bits per heavy atom. The predicted octanol–water partition coefficient (Wildman–Crippen LogP) is 3.33. The summed E-state index contributed by atoms with van der Waals surface area (Å²) in [5.41, 5.74) is 2.74. The zero-order valence-electron chi connectivity index (χ0n) is 9.53. The van der Waals surface area contributed by atoms with Gasteiger partial charge in [-0.15, -0.1) is 0 Å². The van der Waals surface area contributed by atoms with E-state index in [0.717, 1.165) is 6.42 Å². The van der Waals surface area contributed by atoms with Crippen molar-refractivity contribution in [2.45, 2.75) is 32.7 Å². The summed E-state index contributed by atoms with van der Waals surface area (Å²) in [6, 6.07) is 0.464. The molecule has 80 valence electrons. The molecule has 2 atom stereocenters. The van der Waals surface area contributed by atoms with Crippen LogP contribution < -0.4 is 5.32 Å². The molecular weight excluding hydrogens is 182 g/mol. The summed E-state index contributed by atoms with van der Waals surface area (Å²) in [4.78, 5) is 0. The maximum absolute atomic E-state index is 3.61. The number of hydrogen-bond acceptors (Lipinski definition) is 1. The van der Waals surface area contributed by atoms with Crippen molar-refractivity contribution in [3.8, 4) is 0 Å². The monoisotopic (exact) mass is 201 g/mol. The first-order valence-corrected chi connectivity index (χ1v) is 5.74. The second kappa shape index (κ2) is 4.52. The predicted molar refractivity (Wildman–Crippen MR) is 65.4 cm³/mol. The van der Waals surface area contributed by atoms with E-state index in [-0.39, 0.29) is 0 Å². The molecule has 2 aliphatic carbocycles. The maximum atomic E-state index is 3.61. The van der Waals surface area contributed by atoms with Gasteiger partial charge in [0.1, 0.15) is 0 Å². The molecule has 2 unspecified atom stereocenters. The zero-order valence-corrected chi connectivity index (χ0v) is 9.53. The van der Waals surface area contributed by atoms with Crippen molar-refractivity contribution in [3.05, 3.63) is 47.7 Å². The summed E-state index contributed by atoms with van der Waals surface area (Å²) >= 11 is 0. The molecule has 0 bridgehead atoms. The van der Waals surface area contributed by atoms with Crippen LogP contribution in [0.4, 0.5) is 0 Å². The highest BCUT2D eigenvalue weighted by molar-refractivity contribution is 5.27. The lowest BCUT2D eigenvalue weighted by Gasteiger charge is -2.26. The Hall–Kier alpha value is -1.24. The fourth-order valence-corrected chi connectivity index (χ4v) is 2.12. The molecule has 2 rings (SSSR count). The van der Waals surface area contributed by atoms with Gasteiger partial charge in [0.15, 0.2) is 0 Å². The smallest absolute Gasteiger partial charge is 0.0504 e. The lowest BCUT2D eigenvalue weighted by molar-refractivity contribution is 0.527. The summed E-state index contributed by atoms with van der Waals surface area (Å²) in [7, 11) is 0. The van der Waals surface area contributed by atoms with E-state index in [2.05, 4.69) is 55.6 Å². The van der Waals surface area contributed by atoms with Crippen LogP contribution in [0.2, 0.25) is 0 Å². The normalized spacial score (nSPS) is 29.7. The van der Waals surface area contributed by atoms with Crippen molar-refractivity contribution in [1.29, 1.82) is 0 Å². The van der Waals surface area contributed by atoms with Gasteiger partial charge in [0, 0.05) is 5.70 Å². The average molecular weight is 201 g/mol. The molecule has 0 saturated carbocycles. The molecule has 2 aliphatic rings. The van der Waals surface area contributed by atoms with E-state index >= 15 is 0 Å². The van der Waals surface area contributed by atoms with Gasteiger partial charge < -0.3 is 5.32 Å². The number of nitrogens with one attached hydrogen (secondary N) is 1. The van der Waals surface area contributed by atoms with E-state index in [1.807, 2.05) is 0 Å². The van der Waals surface area contributed by atoms with Gasteiger partial charge in [-0.3, -0.25) is 0 Å². The molecule has 0 aromatic carbocycles. The largest absolute Gasteiger partial charge is 0.382 e. The molecule has 0 aromatic heterocycles. The summed E-state index contributed by atoms with van der Waals surface area (Å²) in [5.74, 6) is 0.585. The van der Waals surface area contributed by atoms with Crippen LogP contribution in [0.5, 0.6) is 0 Å². The van der Waals surface area contributed by atoms with Crippen LogP contribution in [0.3, 0.4) is 0 Å². The third-order valence-electron chi connectivity index (χ3n) is 3.02. The van der Waals surface area contributed by atoms with Crippen LogP contribution >= 0.6 is 0 Å². The molecule has 0 radical (unpaired) electrons. The minimum Gasteiger partial charge on any atom is -0.382 e. The molecule has 1 heteroatoms. The van der Waals surface area contributed by atoms with Crippen LogP contribution in [0.15, 0.2) is 47.7 Å². The maximum Gasteiger partial charge on any atom is 0.0504 e. The minimum atomic E-state index is 0.464. The van der Waals surface area contributed by atoms with E-state index < -0.39 is 0 Å². The third-order valence-corrected chi connectivity index (χ3v) is 3.02. The Morgan fingerprint density at radius 1 is 1.40 bits per heavy atom. The standard InChI is InChI=1S/C14H19N/c1-11-8-9-14(12(2)10-11)15-13-6-4-3-5-7-13/h3-4,6,8-10,12,14-15H,5,7H2,1-2H3. The lowest BCUT2D eigenvalue weighted by atomic mass is 9.93. The number of hydrogen-bond donors (Lipinski definition) is 1. The van der Waals surface area contributed by atoms with Crippen molar-refractivity contribution in [2.24, 2.45) is 5.92 Å². The molecule has 0 fully saturated rings. The fourth-order valence-electron chi connectivity index (χ4n) is 2.12. The van der Waals surface area contributed by atoms with Gasteiger partial charge in [0.25, 0.3) is 0 Å². The Bertz CT molecular complexity index is 344. The van der Waals surface area contributed by atoms with Crippen molar-refractivity contribution in [2.75, 3.05) is 0 Å². The van der Waals surface area contributed by atoms with Crippen molar-refractivity contribution in [1.82, 2.24) is 5.32 Å². The van der Waals surface area contributed by atoms with E-state index in [0.29, 0.717) is 12.0 Å². The molecule has 0 spiro atoms. The second-order valence-corrected chi connectivity index (χ2v) is 4.46. The molecular formula is C14H19N. The van der Waals surface area contributed by atoms with Crippen LogP contribution in [0, 0.1) is 5.92 Å².